The lowest BCUT2D eigenvalue weighted by atomic mass is 9.87. The van der Waals surface area contributed by atoms with E-state index < -0.39 is 12.1 Å². The lowest BCUT2D eigenvalue weighted by molar-refractivity contribution is -0.139. The molecule has 0 fully saturated rings. The van der Waals surface area contributed by atoms with Gasteiger partial charge in [-0.1, -0.05) is 70.3 Å². The van der Waals surface area contributed by atoms with Crippen LogP contribution in [0.25, 0.3) is 6.08 Å². The monoisotopic (exact) mass is 447 g/mol. The summed E-state index contributed by atoms with van der Waals surface area (Å²) in [5.41, 5.74) is 2.32. The largest absolute Gasteiger partial charge is 0.399 e. The molecule has 0 N–H and O–H groups in total. The molecule has 0 radical (unpaired) electrons. The van der Waals surface area contributed by atoms with Crippen molar-refractivity contribution in [3.8, 4) is 0 Å². The van der Waals surface area contributed by atoms with Crippen LogP contribution in [0.5, 0.6) is 0 Å². The molecule has 2 nitrogen and oxygen atoms in total. The Morgan fingerprint density at radius 1 is 1.11 bits per heavy atom. The molecule has 0 saturated heterocycles. The number of hydrogen-bond donors (Lipinski definition) is 0. The van der Waals surface area contributed by atoms with Gasteiger partial charge in [0.25, 0.3) is 0 Å². The van der Waals surface area contributed by atoms with Gasteiger partial charge in [0, 0.05) is 0 Å². The molecule has 0 aromatic heterocycles. The second-order valence-electron chi connectivity index (χ2n) is 6.65. The van der Waals surface area contributed by atoms with E-state index in [1.54, 1.807) is 18.2 Å². The van der Waals surface area contributed by atoms with E-state index in [9.17, 15) is 18.1 Å². The van der Waals surface area contributed by atoms with Crippen LogP contribution < -0.4 is 0 Å². The molecule has 2 aromatic carbocycles. The standard InChI is InChI=1S/C20H15Cl3F3NO/c21-16-9-13(10-17(22)19(16)23)15(20(24,25)26)7-5-11-4-6-14-12(8-11)2-1-3-18(14)27-28/h4-10,15,18H,1-3H2/b7-5+. The van der Waals surface area contributed by atoms with Crippen molar-refractivity contribution in [1.82, 2.24) is 0 Å². The van der Waals surface area contributed by atoms with Crippen molar-refractivity contribution in [3.63, 3.8) is 0 Å². The van der Waals surface area contributed by atoms with Gasteiger partial charge in [-0.3, -0.25) is 0 Å². The molecule has 0 bridgehead atoms. The minimum atomic E-state index is -4.53. The number of benzene rings is 2. The summed E-state index contributed by atoms with van der Waals surface area (Å²) in [5, 5.41) is 3.09. The van der Waals surface area contributed by atoms with Gasteiger partial charge in [-0.2, -0.15) is 18.1 Å². The van der Waals surface area contributed by atoms with Crippen molar-refractivity contribution < 1.29 is 13.2 Å². The average Bonchev–Trinajstić information content (AvgIpc) is 2.64. The quantitative estimate of drug-likeness (QED) is 0.343. The van der Waals surface area contributed by atoms with E-state index in [-0.39, 0.29) is 26.7 Å². The number of nitroso groups, excluding NO2 is 1. The van der Waals surface area contributed by atoms with Crippen LogP contribution in [0.3, 0.4) is 0 Å². The van der Waals surface area contributed by atoms with Crippen LogP contribution in [0.2, 0.25) is 15.1 Å². The lowest BCUT2D eigenvalue weighted by Gasteiger charge is -2.21. The number of hydrogen-bond acceptors (Lipinski definition) is 2. The van der Waals surface area contributed by atoms with E-state index in [0.29, 0.717) is 12.0 Å². The zero-order chi connectivity index (χ0) is 20.5. The summed E-state index contributed by atoms with van der Waals surface area (Å²) in [7, 11) is 0. The molecule has 0 saturated carbocycles. The molecular weight excluding hydrogens is 434 g/mol. The highest BCUT2D eigenvalue weighted by molar-refractivity contribution is 6.48. The van der Waals surface area contributed by atoms with Crippen molar-refractivity contribution in [2.75, 3.05) is 0 Å². The van der Waals surface area contributed by atoms with Crippen molar-refractivity contribution >= 4 is 40.9 Å². The van der Waals surface area contributed by atoms with Crippen LogP contribution >= 0.6 is 34.8 Å². The molecule has 0 spiro atoms. The Balaban J connectivity index is 1.94. The first-order valence-corrected chi connectivity index (χ1v) is 9.68. The van der Waals surface area contributed by atoms with E-state index >= 15 is 0 Å². The fraction of sp³-hybridized carbons (Fsp3) is 0.300. The summed E-state index contributed by atoms with van der Waals surface area (Å²) in [4.78, 5) is 10.9. The summed E-state index contributed by atoms with van der Waals surface area (Å²) >= 11 is 17.6. The van der Waals surface area contributed by atoms with E-state index in [0.717, 1.165) is 30.0 Å². The molecule has 3 rings (SSSR count). The van der Waals surface area contributed by atoms with Crippen LogP contribution in [-0.2, 0) is 6.42 Å². The third-order valence-corrected chi connectivity index (χ3v) is 5.97. The third kappa shape index (κ3) is 4.53. The Labute approximate surface area is 175 Å². The first kappa shape index (κ1) is 21.2. The number of alkyl halides is 3. The zero-order valence-electron chi connectivity index (χ0n) is 14.4. The Bertz CT molecular complexity index is 904. The molecule has 1 aliphatic rings. The van der Waals surface area contributed by atoms with Gasteiger partial charge in [0.15, 0.2) is 0 Å². The van der Waals surface area contributed by atoms with E-state index in [4.69, 9.17) is 34.8 Å². The minimum Gasteiger partial charge on any atom is -0.170 e. The van der Waals surface area contributed by atoms with E-state index in [2.05, 4.69) is 5.18 Å². The lowest BCUT2D eigenvalue weighted by Crippen LogP contribution is -2.19. The Morgan fingerprint density at radius 2 is 1.79 bits per heavy atom. The summed E-state index contributed by atoms with van der Waals surface area (Å²) < 4.78 is 40.9. The number of allylic oxidation sites excluding steroid dienone is 1. The molecule has 2 unspecified atom stereocenters. The van der Waals surface area contributed by atoms with Gasteiger partial charge in [-0.25, -0.2) is 0 Å². The number of rotatable bonds is 4. The second-order valence-corrected chi connectivity index (χ2v) is 7.84. The van der Waals surface area contributed by atoms with Crippen LogP contribution in [0.4, 0.5) is 13.2 Å². The number of fused-ring (bicyclic) bond motifs is 1. The molecule has 28 heavy (non-hydrogen) atoms. The van der Waals surface area contributed by atoms with Crippen LogP contribution in [0.15, 0.2) is 41.6 Å². The van der Waals surface area contributed by atoms with Gasteiger partial charge in [0.1, 0.15) is 6.04 Å². The zero-order valence-corrected chi connectivity index (χ0v) is 16.7. The van der Waals surface area contributed by atoms with Gasteiger partial charge in [0.2, 0.25) is 0 Å². The predicted octanol–water partition coefficient (Wildman–Crippen LogP) is 8.15. The maximum atomic E-state index is 13.6. The first-order chi connectivity index (χ1) is 13.2. The Kier molecular flexibility index (Phi) is 6.37. The third-order valence-electron chi connectivity index (χ3n) is 4.78. The molecular formula is C20H15Cl3F3NO. The number of halogens is 6. The van der Waals surface area contributed by atoms with Crippen molar-refractivity contribution in [2.24, 2.45) is 5.18 Å². The van der Waals surface area contributed by atoms with Crippen molar-refractivity contribution in [2.45, 2.75) is 37.4 Å². The molecule has 1 aliphatic carbocycles. The van der Waals surface area contributed by atoms with Gasteiger partial charge >= 0.3 is 6.18 Å². The highest BCUT2D eigenvalue weighted by Gasteiger charge is 2.39. The maximum Gasteiger partial charge on any atom is 0.399 e. The smallest absolute Gasteiger partial charge is 0.170 e. The molecule has 2 aromatic rings. The van der Waals surface area contributed by atoms with Crippen molar-refractivity contribution in [3.05, 3.63) is 78.6 Å². The highest BCUT2D eigenvalue weighted by Crippen LogP contribution is 2.41. The van der Waals surface area contributed by atoms with E-state index in [1.807, 2.05) is 0 Å². The van der Waals surface area contributed by atoms with E-state index in [1.165, 1.54) is 18.2 Å². The van der Waals surface area contributed by atoms with Crippen LogP contribution in [0.1, 0.15) is 47.1 Å². The SMILES string of the molecule is O=NC1CCCc2cc(/C=C/C(c3cc(Cl)c(Cl)c(Cl)c3)C(F)(F)F)ccc21. The van der Waals surface area contributed by atoms with Crippen LogP contribution in [-0.4, -0.2) is 6.18 Å². The summed E-state index contributed by atoms with van der Waals surface area (Å²) in [6.45, 7) is 0. The van der Waals surface area contributed by atoms with Gasteiger partial charge in [-0.05, 0) is 53.6 Å². The summed E-state index contributed by atoms with van der Waals surface area (Å²) in [6, 6.07) is 7.21. The van der Waals surface area contributed by atoms with Gasteiger partial charge in [0.05, 0.1) is 21.0 Å². The normalized spacial score (nSPS) is 18.1. The predicted molar refractivity (Wildman–Crippen MR) is 107 cm³/mol. The Hall–Kier alpha value is -1.56. The number of aryl methyl sites for hydroxylation is 1. The molecule has 0 amide bonds. The second kappa shape index (κ2) is 8.44. The molecule has 8 heteroatoms. The first-order valence-electron chi connectivity index (χ1n) is 8.55. The molecule has 2 atom stereocenters. The number of nitrogens with zero attached hydrogens (tertiary/aromatic N) is 1. The van der Waals surface area contributed by atoms with Gasteiger partial charge in [-0.15, -0.1) is 0 Å². The topological polar surface area (TPSA) is 29.4 Å². The maximum absolute atomic E-state index is 13.6. The molecule has 0 heterocycles. The fourth-order valence-corrected chi connectivity index (χ4v) is 4.01. The van der Waals surface area contributed by atoms with Crippen molar-refractivity contribution in [1.29, 1.82) is 0 Å². The summed E-state index contributed by atoms with van der Waals surface area (Å²) in [6.07, 6.45) is 0.234. The highest BCUT2D eigenvalue weighted by atomic mass is 35.5. The molecule has 0 aliphatic heterocycles. The van der Waals surface area contributed by atoms with Gasteiger partial charge < -0.3 is 0 Å². The van der Waals surface area contributed by atoms with Crippen LogP contribution in [0, 0.1) is 4.91 Å². The fourth-order valence-electron chi connectivity index (χ4n) is 3.39. The summed E-state index contributed by atoms with van der Waals surface area (Å²) in [5.74, 6) is -1.89. The molecule has 148 valence electrons. The Morgan fingerprint density at radius 3 is 2.39 bits per heavy atom. The average molecular weight is 449 g/mol. The minimum absolute atomic E-state index is 0.0185.